The Labute approximate surface area is 237 Å². The smallest absolute Gasteiger partial charge is 0.422 e. The molecule has 0 aliphatic heterocycles. The van der Waals surface area contributed by atoms with E-state index in [1.165, 1.54) is 12.1 Å². The highest BCUT2D eigenvalue weighted by atomic mass is 19.4. The van der Waals surface area contributed by atoms with Gasteiger partial charge in [-0.3, -0.25) is 10.1 Å². The highest BCUT2D eigenvalue weighted by Crippen LogP contribution is 2.24. The summed E-state index contributed by atoms with van der Waals surface area (Å²) in [5, 5.41) is 15.7. The topological polar surface area (TPSA) is 124 Å². The summed E-state index contributed by atoms with van der Waals surface area (Å²) in [5.74, 6) is 0.495. The van der Waals surface area contributed by atoms with Gasteiger partial charge in [0.25, 0.3) is 11.9 Å². The van der Waals surface area contributed by atoms with E-state index in [0.717, 1.165) is 16.6 Å². The molecular formula is C28H27F3N8O3. The van der Waals surface area contributed by atoms with Crippen molar-refractivity contribution >= 4 is 28.6 Å². The number of anilines is 1. The number of alkyl halides is 3. The number of tetrazole rings is 1. The van der Waals surface area contributed by atoms with Gasteiger partial charge in [0, 0.05) is 18.7 Å². The van der Waals surface area contributed by atoms with Crippen LogP contribution in [0.25, 0.3) is 11.0 Å². The molecule has 5 rings (SSSR count). The minimum absolute atomic E-state index is 0.00661. The Bertz CT molecular complexity index is 1740. The van der Waals surface area contributed by atoms with Crippen LogP contribution in [0.5, 0.6) is 11.5 Å². The van der Waals surface area contributed by atoms with Crippen LogP contribution in [-0.4, -0.2) is 54.6 Å². The first-order valence-electron chi connectivity index (χ1n) is 12.9. The van der Waals surface area contributed by atoms with Crippen molar-refractivity contribution in [2.75, 3.05) is 11.9 Å². The fraction of sp³-hybridized carbons (Fsp3) is 0.250. The molecule has 5 aromatic rings. The van der Waals surface area contributed by atoms with Gasteiger partial charge < -0.3 is 18.6 Å². The van der Waals surface area contributed by atoms with Crippen LogP contribution >= 0.6 is 0 Å². The predicted molar refractivity (Wildman–Crippen MR) is 148 cm³/mol. The van der Waals surface area contributed by atoms with Gasteiger partial charge in [-0.2, -0.15) is 18.4 Å². The van der Waals surface area contributed by atoms with Crippen LogP contribution in [-0.2, 0) is 13.6 Å². The van der Waals surface area contributed by atoms with Gasteiger partial charge in [0.2, 0.25) is 5.62 Å². The Morgan fingerprint density at radius 2 is 1.74 bits per heavy atom. The van der Waals surface area contributed by atoms with Crippen LogP contribution in [0.3, 0.4) is 0 Å². The van der Waals surface area contributed by atoms with Crippen molar-refractivity contribution in [1.82, 2.24) is 29.8 Å². The van der Waals surface area contributed by atoms with Gasteiger partial charge in [0.15, 0.2) is 6.61 Å². The number of hydrogen-bond donors (Lipinski definition) is 2. The average molecular weight is 581 g/mol. The molecule has 0 unspecified atom stereocenters. The second kappa shape index (κ2) is 11.8. The van der Waals surface area contributed by atoms with E-state index in [1.54, 1.807) is 24.3 Å². The minimum Gasteiger partial charge on any atom is -0.491 e. The molecule has 0 aliphatic carbocycles. The first-order valence-corrected chi connectivity index (χ1v) is 12.9. The van der Waals surface area contributed by atoms with E-state index in [4.69, 9.17) is 14.5 Å². The first-order chi connectivity index (χ1) is 20.1. The molecule has 0 saturated heterocycles. The van der Waals surface area contributed by atoms with Gasteiger partial charge in [-0.15, -0.1) is 5.10 Å². The molecule has 2 N–H and O–H groups in total. The number of benzene rings is 3. The predicted octanol–water partition coefficient (Wildman–Crippen LogP) is 4.75. The molecule has 0 aliphatic rings. The standard InChI is InChI=1S/C28H27F3N8O3/c1-17(2)42-22-12-13-23-24(14-22)38(3)27(32-20-8-10-21(11-9-20)41-16-28(29,30)31)39(23)15-18-4-6-19(7-5-18)25(40)33-26-34-36-37-35-26/h4-14,17H,15-16H2,1-3H3,(H2,33,34,35,36,37,40). The van der Waals surface area contributed by atoms with Gasteiger partial charge in [-0.1, -0.05) is 17.2 Å². The molecule has 0 atom stereocenters. The van der Waals surface area contributed by atoms with Crippen molar-refractivity contribution < 1.29 is 27.4 Å². The van der Waals surface area contributed by atoms with Crippen LogP contribution in [0.2, 0.25) is 0 Å². The largest absolute Gasteiger partial charge is 0.491 e. The minimum atomic E-state index is -4.42. The molecule has 0 fully saturated rings. The molecule has 11 nitrogen and oxygen atoms in total. The van der Waals surface area contributed by atoms with Crippen molar-refractivity contribution in [3.8, 4) is 11.5 Å². The summed E-state index contributed by atoms with van der Waals surface area (Å²) in [6.07, 6.45) is -4.43. The lowest BCUT2D eigenvalue weighted by Gasteiger charge is -2.10. The lowest BCUT2D eigenvalue weighted by Crippen LogP contribution is -2.24. The highest BCUT2D eigenvalue weighted by Gasteiger charge is 2.28. The molecule has 0 bridgehead atoms. The van der Waals surface area contributed by atoms with E-state index >= 15 is 0 Å². The summed E-state index contributed by atoms with van der Waals surface area (Å²) in [4.78, 5) is 17.3. The van der Waals surface area contributed by atoms with Crippen LogP contribution < -0.4 is 20.4 Å². The third-order valence-corrected chi connectivity index (χ3v) is 6.11. The number of aromatic nitrogens is 6. The number of amides is 1. The number of fused-ring (bicyclic) bond motifs is 1. The third kappa shape index (κ3) is 6.77. The average Bonchev–Trinajstić information content (AvgIpc) is 3.55. The summed E-state index contributed by atoms with van der Waals surface area (Å²) in [7, 11) is 1.88. The zero-order valence-electron chi connectivity index (χ0n) is 22.9. The Hall–Kier alpha value is -5.14. The summed E-state index contributed by atoms with van der Waals surface area (Å²) in [6, 6.07) is 18.9. The molecule has 0 saturated carbocycles. The van der Waals surface area contributed by atoms with Gasteiger partial charge in [-0.05, 0) is 73.2 Å². The molecule has 1 amide bonds. The van der Waals surface area contributed by atoms with E-state index in [2.05, 4.69) is 25.9 Å². The number of nitrogens with zero attached hydrogens (tertiary/aromatic N) is 6. The second-order valence-corrected chi connectivity index (χ2v) is 9.66. The van der Waals surface area contributed by atoms with Crippen LogP contribution in [0.4, 0.5) is 24.8 Å². The van der Waals surface area contributed by atoms with Crippen LogP contribution in [0.15, 0.2) is 71.7 Å². The van der Waals surface area contributed by atoms with E-state index < -0.39 is 12.8 Å². The van der Waals surface area contributed by atoms with Gasteiger partial charge in [0.1, 0.15) is 11.5 Å². The summed E-state index contributed by atoms with van der Waals surface area (Å²) < 4.78 is 52.2. The van der Waals surface area contributed by atoms with Gasteiger partial charge >= 0.3 is 6.18 Å². The zero-order valence-corrected chi connectivity index (χ0v) is 22.9. The fourth-order valence-corrected chi connectivity index (χ4v) is 4.26. The van der Waals surface area contributed by atoms with Crippen molar-refractivity contribution in [2.24, 2.45) is 12.0 Å². The maximum absolute atomic E-state index is 12.5. The lowest BCUT2D eigenvalue weighted by atomic mass is 10.1. The van der Waals surface area contributed by atoms with Crippen molar-refractivity contribution in [1.29, 1.82) is 0 Å². The van der Waals surface area contributed by atoms with Crippen molar-refractivity contribution in [3.05, 3.63) is 83.5 Å². The summed E-state index contributed by atoms with van der Waals surface area (Å²) in [6.45, 7) is 2.94. The lowest BCUT2D eigenvalue weighted by molar-refractivity contribution is -0.153. The number of nitrogens with one attached hydrogen (secondary N) is 2. The molecule has 3 aromatic carbocycles. The Balaban J connectivity index is 1.48. The van der Waals surface area contributed by atoms with Crippen molar-refractivity contribution in [3.63, 3.8) is 0 Å². The molecular weight excluding hydrogens is 553 g/mol. The number of carbonyl (C=O) groups excluding carboxylic acids is 1. The number of halogens is 3. The molecule has 2 aromatic heterocycles. The van der Waals surface area contributed by atoms with Gasteiger partial charge in [-0.25, -0.2) is 4.99 Å². The molecule has 218 valence electrons. The first kappa shape index (κ1) is 28.4. The Kier molecular flexibility index (Phi) is 7.95. The maximum atomic E-state index is 12.5. The maximum Gasteiger partial charge on any atom is 0.422 e. The zero-order chi connectivity index (χ0) is 29.9. The number of hydrogen-bond acceptors (Lipinski definition) is 7. The molecule has 0 spiro atoms. The number of imidazole rings is 1. The highest BCUT2D eigenvalue weighted by molar-refractivity contribution is 6.03. The van der Waals surface area contributed by atoms with E-state index in [0.29, 0.717) is 29.2 Å². The number of rotatable bonds is 9. The second-order valence-electron chi connectivity index (χ2n) is 9.66. The number of aryl methyl sites for hydroxylation is 1. The normalized spacial score (nSPS) is 12.2. The van der Waals surface area contributed by atoms with Gasteiger partial charge in [0.05, 0.1) is 29.4 Å². The number of ether oxygens (including phenoxy) is 2. The SMILES string of the molecule is CC(C)Oc1ccc2c(c1)n(C)c(=Nc1ccc(OCC(F)(F)F)cc1)n2Cc1ccc(C(=O)Nc2nn[nH]n2)cc1. The summed E-state index contributed by atoms with van der Waals surface area (Å²) in [5.41, 5.74) is 4.19. The molecule has 42 heavy (non-hydrogen) atoms. The number of carbonyl (C=O) groups is 1. The van der Waals surface area contributed by atoms with E-state index in [1.807, 2.05) is 60.4 Å². The number of H-pyrrole nitrogens is 1. The molecule has 2 heterocycles. The van der Waals surface area contributed by atoms with E-state index in [9.17, 15) is 18.0 Å². The monoisotopic (exact) mass is 580 g/mol. The third-order valence-electron chi connectivity index (χ3n) is 6.11. The quantitative estimate of drug-likeness (QED) is 0.259. The Morgan fingerprint density at radius 1 is 1.02 bits per heavy atom. The van der Waals surface area contributed by atoms with Crippen LogP contribution in [0.1, 0.15) is 29.8 Å². The van der Waals surface area contributed by atoms with Crippen molar-refractivity contribution in [2.45, 2.75) is 32.7 Å². The molecule has 14 heteroatoms. The van der Waals surface area contributed by atoms with E-state index in [-0.39, 0.29) is 23.7 Å². The van der Waals surface area contributed by atoms with Crippen LogP contribution in [0, 0.1) is 0 Å². The number of aromatic amines is 1. The summed E-state index contributed by atoms with van der Waals surface area (Å²) >= 11 is 0. The molecule has 0 radical (unpaired) electrons. The fourth-order valence-electron chi connectivity index (χ4n) is 4.26. The Morgan fingerprint density at radius 3 is 2.38 bits per heavy atom.